The van der Waals surface area contributed by atoms with Crippen molar-refractivity contribution < 1.29 is 14.8 Å². The SMILES string of the molecule is O=C(O)c1ccc(NCc2ccc([N+](=O)[O-])cc2)nn1. The van der Waals surface area contributed by atoms with Crippen LogP contribution in [0.4, 0.5) is 11.5 Å². The lowest BCUT2D eigenvalue weighted by Gasteiger charge is -2.04. The van der Waals surface area contributed by atoms with E-state index in [1.807, 2.05) is 0 Å². The standard InChI is InChI=1S/C12H10N4O4/c17-12(18)10-5-6-11(15-14-10)13-7-8-1-3-9(4-2-8)16(19)20/h1-6H,7H2,(H,13,15)(H,17,18). The van der Waals surface area contributed by atoms with Gasteiger partial charge in [-0.3, -0.25) is 10.1 Å². The number of hydrogen-bond donors (Lipinski definition) is 2. The zero-order chi connectivity index (χ0) is 14.5. The molecule has 0 aliphatic rings. The summed E-state index contributed by atoms with van der Waals surface area (Å²) < 4.78 is 0. The van der Waals surface area contributed by atoms with Crippen LogP contribution in [-0.4, -0.2) is 26.2 Å². The third-order valence-electron chi connectivity index (χ3n) is 2.50. The van der Waals surface area contributed by atoms with Crippen LogP contribution in [-0.2, 0) is 6.54 Å². The molecule has 0 aliphatic heterocycles. The molecule has 8 nitrogen and oxygen atoms in total. The normalized spacial score (nSPS) is 10.0. The first kappa shape index (κ1) is 13.4. The van der Waals surface area contributed by atoms with Crippen molar-refractivity contribution in [2.45, 2.75) is 6.54 Å². The molecule has 0 radical (unpaired) electrons. The highest BCUT2D eigenvalue weighted by Crippen LogP contribution is 2.13. The number of nitrogens with zero attached hydrogens (tertiary/aromatic N) is 3. The third kappa shape index (κ3) is 3.25. The molecule has 0 saturated heterocycles. The quantitative estimate of drug-likeness (QED) is 0.629. The van der Waals surface area contributed by atoms with E-state index in [0.717, 1.165) is 5.56 Å². The number of anilines is 1. The molecule has 0 saturated carbocycles. The Morgan fingerprint density at radius 1 is 1.20 bits per heavy atom. The van der Waals surface area contributed by atoms with Crippen molar-refractivity contribution in [1.29, 1.82) is 0 Å². The topological polar surface area (TPSA) is 118 Å². The van der Waals surface area contributed by atoms with Gasteiger partial charge < -0.3 is 10.4 Å². The number of nitro benzene ring substituents is 1. The van der Waals surface area contributed by atoms with E-state index in [1.54, 1.807) is 12.1 Å². The number of carboxylic acid groups (broad SMARTS) is 1. The molecule has 0 bridgehead atoms. The average molecular weight is 274 g/mol. The molecule has 1 aromatic heterocycles. The first-order valence-electron chi connectivity index (χ1n) is 5.60. The lowest BCUT2D eigenvalue weighted by Crippen LogP contribution is -2.06. The van der Waals surface area contributed by atoms with Crippen molar-refractivity contribution >= 4 is 17.5 Å². The van der Waals surface area contributed by atoms with E-state index in [1.165, 1.54) is 24.3 Å². The molecular formula is C12H10N4O4. The van der Waals surface area contributed by atoms with Gasteiger partial charge in [0.05, 0.1) is 4.92 Å². The van der Waals surface area contributed by atoms with Gasteiger partial charge in [0, 0.05) is 18.7 Å². The third-order valence-corrected chi connectivity index (χ3v) is 2.50. The van der Waals surface area contributed by atoms with Crippen LogP contribution in [0.1, 0.15) is 16.1 Å². The van der Waals surface area contributed by atoms with Gasteiger partial charge in [-0.2, -0.15) is 0 Å². The van der Waals surface area contributed by atoms with Crippen LogP contribution in [0.5, 0.6) is 0 Å². The van der Waals surface area contributed by atoms with E-state index in [-0.39, 0.29) is 11.4 Å². The van der Waals surface area contributed by atoms with Crippen LogP contribution in [0, 0.1) is 10.1 Å². The van der Waals surface area contributed by atoms with Gasteiger partial charge in [-0.15, -0.1) is 10.2 Å². The van der Waals surface area contributed by atoms with Crippen molar-refractivity contribution in [2.75, 3.05) is 5.32 Å². The summed E-state index contributed by atoms with van der Waals surface area (Å²) in [6.07, 6.45) is 0. The molecule has 20 heavy (non-hydrogen) atoms. The lowest BCUT2D eigenvalue weighted by molar-refractivity contribution is -0.384. The van der Waals surface area contributed by atoms with Crippen LogP contribution in [0.15, 0.2) is 36.4 Å². The second-order valence-electron chi connectivity index (χ2n) is 3.89. The summed E-state index contributed by atoms with van der Waals surface area (Å²) in [5.74, 6) is -0.715. The molecule has 0 atom stereocenters. The second-order valence-corrected chi connectivity index (χ2v) is 3.89. The summed E-state index contributed by atoms with van der Waals surface area (Å²) in [5, 5.41) is 29.4. The summed E-state index contributed by atoms with van der Waals surface area (Å²) >= 11 is 0. The van der Waals surface area contributed by atoms with Crippen LogP contribution in [0.3, 0.4) is 0 Å². The molecule has 1 aromatic carbocycles. The first-order chi connectivity index (χ1) is 9.56. The van der Waals surface area contributed by atoms with Gasteiger partial charge in [-0.05, 0) is 17.7 Å². The molecule has 2 rings (SSSR count). The predicted molar refractivity (Wildman–Crippen MR) is 69.4 cm³/mol. The number of nitrogens with one attached hydrogen (secondary N) is 1. The molecule has 102 valence electrons. The Bertz CT molecular complexity index is 567. The van der Waals surface area contributed by atoms with Crippen LogP contribution >= 0.6 is 0 Å². The van der Waals surface area contributed by atoms with Crippen LogP contribution in [0.25, 0.3) is 0 Å². The maximum atomic E-state index is 10.6. The van der Waals surface area contributed by atoms with Gasteiger partial charge in [0.1, 0.15) is 5.82 Å². The maximum absolute atomic E-state index is 10.6. The highest BCUT2D eigenvalue weighted by Gasteiger charge is 2.06. The minimum Gasteiger partial charge on any atom is -0.476 e. The summed E-state index contributed by atoms with van der Waals surface area (Å²) in [6, 6.07) is 8.93. The fourth-order valence-electron chi connectivity index (χ4n) is 1.47. The lowest BCUT2D eigenvalue weighted by atomic mass is 10.2. The van der Waals surface area contributed by atoms with Crippen LogP contribution in [0.2, 0.25) is 0 Å². The number of benzene rings is 1. The van der Waals surface area contributed by atoms with E-state index in [9.17, 15) is 14.9 Å². The van der Waals surface area contributed by atoms with E-state index in [0.29, 0.717) is 12.4 Å². The number of carbonyl (C=O) groups is 1. The van der Waals surface area contributed by atoms with Gasteiger partial charge in [0.2, 0.25) is 0 Å². The Hall–Kier alpha value is -3.03. The Balaban J connectivity index is 1.97. The number of hydrogen-bond acceptors (Lipinski definition) is 6. The number of non-ortho nitro benzene ring substituents is 1. The molecule has 0 unspecified atom stereocenters. The van der Waals surface area contributed by atoms with E-state index < -0.39 is 10.9 Å². The van der Waals surface area contributed by atoms with Crippen molar-refractivity contribution in [3.63, 3.8) is 0 Å². The zero-order valence-electron chi connectivity index (χ0n) is 10.2. The van der Waals surface area contributed by atoms with Gasteiger partial charge in [0.15, 0.2) is 5.69 Å². The highest BCUT2D eigenvalue weighted by molar-refractivity contribution is 5.85. The minimum absolute atomic E-state index is 0.0272. The Morgan fingerprint density at radius 2 is 1.90 bits per heavy atom. The van der Waals surface area contributed by atoms with Crippen molar-refractivity contribution in [2.24, 2.45) is 0 Å². The predicted octanol–water partition coefficient (Wildman–Crippen LogP) is 1.70. The number of carboxylic acids is 1. The highest BCUT2D eigenvalue weighted by atomic mass is 16.6. The molecule has 0 aliphatic carbocycles. The minimum atomic E-state index is -1.14. The fourth-order valence-corrected chi connectivity index (χ4v) is 1.47. The van der Waals surface area contributed by atoms with Crippen LogP contribution < -0.4 is 5.32 Å². The molecule has 0 amide bonds. The largest absolute Gasteiger partial charge is 0.476 e. The van der Waals surface area contributed by atoms with Gasteiger partial charge >= 0.3 is 5.97 Å². The van der Waals surface area contributed by atoms with Crippen molar-refractivity contribution in [3.05, 3.63) is 57.8 Å². The maximum Gasteiger partial charge on any atom is 0.356 e. The zero-order valence-corrected chi connectivity index (χ0v) is 10.2. The van der Waals surface area contributed by atoms with Gasteiger partial charge in [-0.25, -0.2) is 4.79 Å². The van der Waals surface area contributed by atoms with Gasteiger partial charge in [0.25, 0.3) is 5.69 Å². The number of aromatic nitrogens is 2. The number of rotatable bonds is 5. The summed E-state index contributed by atoms with van der Waals surface area (Å²) in [5.41, 5.74) is 0.727. The molecule has 2 N–H and O–H groups in total. The Labute approximate surface area is 113 Å². The molecule has 0 fully saturated rings. The Kier molecular flexibility index (Phi) is 3.85. The molecular weight excluding hydrogens is 264 g/mol. The second kappa shape index (κ2) is 5.74. The average Bonchev–Trinajstić information content (AvgIpc) is 2.46. The molecule has 2 aromatic rings. The first-order valence-corrected chi connectivity index (χ1v) is 5.60. The summed E-state index contributed by atoms with van der Waals surface area (Å²) in [7, 11) is 0. The molecule has 0 spiro atoms. The Morgan fingerprint density at radius 3 is 2.40 bits per heavy atom. The van der Waals surface area contributed by atoms with Gasteiger partial charge in [-0.1, -0.05) is 12.1 Å². The number of nitro groups is 1. The molecule has 8 heteroatoms. The fraction of sp³-hybridized carbons (Fsp3) is 0.0833. The monoisotopic (exact) mass is 274 g/mol. The van der Waals surface area contributed by atoms with E-state index in [2.05, 4.69) is 15.5 Å². The summed E-state index contributed by atoms with van der Waals surface area (Å²) in [4.78, 5) is 20.6. The number of aromatic carboxylic acids is 1. The molecule has 1 heterocycles. The summed E-state index contributed by atoms with van der Waals surface area (Å²) in [6.45, 7) is 0.402. The van der Waals surface area contributed by atoms with E-state index in [4.69, 9.17) is 5.11 Å². The smallest absolute Gasteiger partial charge is 0.356 e. The van der Waals surface area contributed by atoms with Crippen molar-refractivity contribution in [1.82, 2.24) is 10.2 Å². The van der Waals surface area contributed by atoms with Crippen molar-refractivity contribution in [3.8, 4) is 0 Å². The van der Waals surface area contributed by atoms with E-state index >= 15 is 0 Å².